The number of hydrogen-bond acceptors (Lipinski definition) is 4. The first-order chi connectivity index (χ1) is 12.1. The summed E-state index contributed by atoms with van der Waals surface area (Å²) < 4.78 is 5.50. The normalized spacial score (nSPS) is 20.9. The molecule has 1 fully saturated rings. The first-order valence-electron chi connectivity index (χ1n) is 8.88. The molecule has 2 N–H and O–H groups in total. The summed E-state index contributed by atoms with van der Waals surface area (Å²) in [6, 6.07) is 13.9. The number of carbonyl (C=O) groups is 1. The molecule has 134 valence electrons. The SMILES string of the molecule is Cc1ccc(CNCC2(O)CCCN(CCc3ccccc3)C2=O)o1. The fraction of sp³-hybridized carbons (Fsp3) is 0.450. The number of nitrogens with zero attached hydrogens (tertiary/aromatic N) is 1. The smallest absolute Gasteiger partial charge is 0.255 e. The molecule has 5 heteroatoms. The lowest BCUT2D eigenvalue weighted by Crippen LogP contribution is -2.58. The standard InChI is InChI=1S/C20H26N2O3/c1-16-8-9-18(25-16)14-21-15-20(24)11-5-12-22(19(20)23)13-10-17-6-3-2-4-7-17/h2-4,6-9,21,24H,5,10-15H2,1H3. The summed E-state index contributed by atoms with van der Waals surface area (Å²) in [5, 5.41) is 14.0. The van der Waals surface area contributed by atoms with Crippen molar-refractivity contribution < 1.29 is 14.3 Å². The highest BCUT2D eigenvalue weighted by atomic mass is 16.3. The quantitative estimate of drug-likeness (QED) is 0.810. The molecule has 5 nitrogen and oxygen atoms in total. The number of amides is 1. The third-order valence-corrected chi connectivity index (χ3v) is 4.73. The number of nitrogens with one attached hydrogen (secondary N) is 1. The van der Waals surface area contributed by atoms with Crippen molar-refractivity contribution in [1.82, 2.24) is 10.2 Å². The molecule has 1 aromatic carbocycles. The van der Waals surface area contributed by atoms with Gasteiger partial charge in [-0.1, -0.05) is 30.3 Å². The number of likely N-dealkylation sites (tertiary alicyclic amines) is 1. The summed E-state index contributed by atoms with van der Waals surface area (Å²) in [4.78, 5) is 14.5. The lowest BCUT2D eigenvalue weighted by atomic mass is 9.91. The summed E-state index contributed by atoms with van der Waals surface area (Å²) in [5.41, 5.74) is -0.118. The maximum atomic E-state index is 12.7. The van der Waals surface area contributed by atoms with Crippen LogP contribution in [0.1, 0.15) is 29.9 Å². The molecule has 1 aromatic heterocycles. The van der Waals surface area contributed by atoms with Crippen molar-refractivity contribution in [2.45, 2.75) is 38.3 Å². The summed E-state index contributed by atoms with van der Waals surface area (Å²) in [5.74, 6) is 1.50. The van der Waals surface area contributed by atoms with Crippen molar-refractivity contribution >= 4 is 5.91 Å². The molecule has 1 aliphatic rings. The van der Waals surface area contributed by atoms with Gasteiger partial charge in [-0.3, -0.25) is 4.79 Å². The predicted octanol–water partition coefficient (Wildman–Crippen LogP) is 2.27. The minimum Gasteiger partial charge on any atom is -0.465 e. The summed E-state index contributed by atoms with van der Waals surface area (Å²) in [6.45, 7) is 4.00. The van der Waals surface area contributed by atoms with E-state index in [2.05, 4.69) is 17.4 Å². The zero-order valence-corrected chi connectivity index (χ0v) is 14.7. The van der Waals surface area contributed by atoms with Crippen LogP contribution >= 0.6 is 0 Å². The van der Waals surface area contributed by atoms with Crippen LogP contribution in [0.5, 0.6) is 0 Å². The van der Waals surface area contributed by atoms with E-state index >= 15 is 0 Å². The number of furan rings is 1. The molecular weight excluding hydrogens is 316 g/mol. The van der Waals surface area contributed by atoms with E-state index in [9.17, 15) is 9.90 Å². The third kappa shape index (κ3) is 4.50. The van der Waals surface area contributed by atoms with Crippen molar-refractivity contribution in [3.8, 4) is 0 Å². The minimum atomic E-state index is -1.32. The van der Waals surface area contributed by atoms with Gasteiger partial charge in [0.25, 0.3) is 5.91 Å². The molecule has 1 atom stereocenters. The number of aryl methyl sites for hydroxylation is 1. The van der Waals surface area contributed by atoms with Gasteiger partial charge >= 0.3 is 0 Å². The van der Waals surface area contributed by atoms with Crippen LogP contribution in [0.4, 0.5) is 0 Å². The van der Waals surface area contributed by atoms with Crippen LogP contribution in [0, 0.1) is 6.92 Å². The molecule has 25 heavy (non-hydrogen) atoms. The molecule has 1 aliphatic heterocycles. The van der Waals surface area contributed by atoms with Gasteiger partial charge < -0.3 is 19.7 Å². The summed E-state index contributed by atoms with van der Waals surface area (Å²) in [7, 11) is 0. The molecule has 2 heterocycles. The minimum absolute atomic E-state index is 0.169. The van der Waals surface area contributed by atoms with Gasteiger partial charge in [0.05, 0.1) is 6.54 Å². The second-order valence-electron chi connectivity index (χ2n) is 6.78. The molecule has 1 unspecified atom stereocenters. The van der Waals surface area contributed by atoms with Crippen LogP contribution in [0.25, 0.3) is 0 Å². The van der Waals surface area contributed by atoms with Gasteiger partial charge in [0.1, 0.15) is 11.5 Å². The van der Waals surface area contributed by atoms with Gasteiger partial charge in [-0.2, -0.15) is 0 Å². The van der Waals surface area contributed by atoms with E-state index in [1.54, 1.807) is 4.90 Å². The molecule has 1 amide bonds. The number of hydrogen-bond donors (Lipinski definition) is 2. The van der Waals surface area contributed by atoms with E-state index in [0.717, 1.165) is 24.4 Å². The molecule has 0 aliphatic carbocycles. The van der Waals surface area contributed by atoms with Gasteiger partial charge in [0.15, 0.2) is 5.60 Å². The fourth-order valence-corrected chi connectivity index (χ4v) is 3.32. The van der Waals surface area contributed by atoms with E-state index in [1.165, 1.54) is 5.56 Å². The number of aliphatic hydroxyl groups is 1. The largest absolute Gasteiger partial charge is 0.465 e. The van der Waals surface area contributed by atoms with Crippen LogP contribution in [0.3, 0.4) is 0 Å². The topological polar surface area (TPSA) is 65.7 Å². The zero-order valence-electron chi connectivity index (χ0n) is 14.7. The van der Waals surface area contributed by atoms with Crippen LogP contribution in [0.15, 0.2) is 46.9 Å². The summed E-state index contributed by atoms with van der Waals surface area (Å²) >= 11 is 0. The third-order valence-electron chi connectivity index (χ3n) is 4.73. The van der Waals surface area contributed by atoms with Gasteiger partial charge in [0.2, 0.25) is 0 Å². The van der Waals surface area contributed by atoms with Gasteiger partial charge in [-0.25, -0.2) is 0 Å². The Morgan fingerprint density at radius 2 is 2.04 bits per heavy atom. The van der Waals surface area contributed by atoms with Crippen molar-refractivity contribution in [2.75, 3.05) is 19.6 Å². The summed E-state index contributed by atoms with van der Waals surface area (Å²) in [6.07, 6.45) is 2.12. The molecule has 2 aromatic rings. The van der Waals surface area contributed by atoms with Gasteiger partial charge in [-0.15, -0.1) is 0 Å². The first kappa shape index (κ1) is 17.7. The molecule has 3 rings (SSSR count). The second kappa shape index (κ2) is 7.85. The Kier molecular flexibility index (Phi) is 5.56. The molecule has 0 spiro atoms. The van der Waals surface area contributed by atoms with Crippen molar-refractivity contribution in [2.24, 2.45) is 0 Å². The molecule has 1 saturated heterocycles. The Morgan fingerprint density at radius 3 is 2.76 bits per heavy atom. The number of piperidine rings is 1. The van der Waals surface area contributed by atoms with Crippen LogP contribution < -0.4 is 5.32 Å². The lowest BCUT2D eigenvalue weighted by molar-refractivity contribution is -0.156. The Bertz CT molecular complexity index is 698. The zero-order chi connectivity index (χ0) is 17.7. The maximum absolute atomic E-state index is 12.7. The van der Waals surface area contributed by atoms with E-state index in [1.807, 2.05) is 37.3 Å². The Morgan fingerprint density at radius 1 is 1.24 bits per heavy atom. The number of rotatable bonds is 7. The Hall–Kier alpha value is -2.11. The van der Waals surface area contributed by atoms with Crippen LogP contribution in [-0.2, 0) is 17.8 Å². The molecular formula is C20H26N2O3. The number of benzene rings is 1. The Balaban J connectivity index is 1.52. The van der Waals surface area contributed by atoms with E-state index in [0.29, 0.717) is 26.1 Å². The predicted molar refractivity (Wildman–Crippen MR) is 96.1 cm³/mol. The maximum Gasteiger partial charge on any atom is 0.255 e. The van der Waals surface area contributed by atoms with Crippen LogP contribution in [0.2, 0.25) is 0 Å². The average Bonchev–Trinajstić information content (AvgIpc) is 3.03. The van der Waals surface area contributed by atoms with E-state index in [4.69, 9.17) is 4.42 Å². The second-order valence-corrected chi connectivity index (χ2v) is 6.78. The molecule has 0 saturated carbocycles. The van der Waals surface area contributed by atoms with Gasteiger partial charge in [0, 0.05) is 19.6 Å². The highest BCUT2D eigenvalue weighted by Crippen LogP contribution is 2.22. The highest BCUT2D eigenvalue weighted by molar-refractivity contribution is 5.86. The number of carbonyl (C=O) groups excluding carboxylic acids is 1. The van der Waals surface area contributed by atoms with E-state index in [-0.39, 0.29) is 12.5 Å². The molecule has 0 radical (unpaired) electrons. The monoisotopic (exact) mass is 342 g/mol. The Labute approximate surface area is 148 Å². The molecule has 0 bridgehead atoms. The first-order valence-corrected chi connectivity index (χ1v) is 8.88. The van der Waals surface area contributed by atoms with E-state index < -0.39 is 5.60 Å². The van der Waals surface area contributed by atoms with Crippen LogP contribution in [-0.4, -0.2) is 41.1 Å². The van der Waals surface area contributed by atoms with Crippen molar-refractivity contribution in [3.05, 3.63) is 59.5 Å². The van der Waals surface area contributed by atoms with Crippen molar-refractivity contribution in [1.29, 1.82) is 0 Å². The van der Waals surface area contributed by atoms with Gasteiger partial charge in [-0.05, 0) is 43.9 Å². The fourth-order valence-electron chi connectivity index (χ4n) is 3.32. The lowest BCUT2D eigenvalue weighted by Gasteiger charge is -2.38. The highest BCUT2D eigenvalue weighted by Gasteiger charge is 2.41. The average molecular weight is 342 g/mol. The van der Waals surface area contributed by atoms with Crippen molar-refractivity contribution in [3.63, 3.8) is 0 Å².